The molecular formula is C20H24N3O6P. The maximum atomic E-state index is 12.1. The number of hydrogen-bond acceptors (Lipinski definition) is 7. The summed E-state index contributed by atoms with van der Waals surface area (Å²) in [6, 6.07) is 8.82. The Kier molecular flexibility index (Phi) is 6.45. The third-order valence-corrected chi connectivity index (χ3v) is 5.62. The molecule has 9 nitrogen and oxygen atoms in total. The van der Waals surface area contributed by atoms with E-state index in [9.17, 15) is 9.46 Å². The van der Waals surface area contributed by atoms with Crippen LogP contribution in [0.25, 0.3) is 22.5 Å². The number of phosphoric ester groups is 1. The lowest BCUT2D eigenvalue weighted by atomic mass is 10.00. The molecule has 1 unspecified atom stereocenters. The van der Waals surface area contributed by atoms with Crippen LogP contribution in [-0.4, -0.2) is 41.1 Å². The van der Waals surface area contributed by atoms with Gasteiger partial charge in [-0.05, 0) is 62.2 Å². The molecule has 0 spiro atoms. The van der Waals surface area contributed by atoms with Crippen LogP contribution in [0.5, 0.6) is 17.2 Å². The molecule has 10 heteroatoms. The molecule has 160 valence electrons. The van der Waals surface area contributed by atoms with E-state index in [2.05, 4.69) is 15.4 Å². The van der Waals surface area contributed by atoms with Crippen LogP contribution in [0, 0.1) is 13.8 Å². The third-order valence-electron chi connectivity index (χ3n) is 4.60. The topological polar surface area (TPSA) is 116 Å². The van der Waals surface area contributed by atoms with Crippen molar-refractivity contribution in [1.29, 1.82) is 0 Å². The number of H-pyrrole nitrogens is 1. The summed E-state index contributed by atoms with van der Waals surface area (Å²) in [6.45, 7) is 5.60. The molecule has 0 aliphatic rings. The van der Waals surface area contributed by atoms with Gasteiger partial charge < -0.3 is 14.0 Å². The number of benzene rings is 2. The van der Waals surface area contributed by atoms with E-state index in [0.29, 0.717) is 17.0 Å². The molecule has 3 aromatic rings. The minimum absolute atomic E-state index is 0.0256. The number of aromatic nitrogens is 3. The summed E-state index contributed by atoms with van der Waals surface area (Å²) in [5, 5.41) is 11.2. The number of methoxy groups -OCH3 is 2. The summed E-state index contributed by atoms with van der Waals surface area (Å²) >= 11 is 0. The molecule has 1 aromatic heterocycles. The summed E-state index contributed by atoms with van der Waals surface area (Å²) in [4.78, 5) is 9.86. The Balaban J connectivity index is 2.07. The summed E-state index contributed by atoms with van der Waals surface area (Å²) in [5.74, 6) is 1.09. The van der Waals surface area contributed by atoms with Gasteiger partial charge in [0, 0.05) is 11.1 Å². The molecule has 0 fully saturated rings. The van der Waals surface area contributed by atoms with Gasteiger partial charge in [-0.1, -0.05) is 0 Å². The highest BCUT2D eigenvalue weighted by molar-refractivity contribution is 7.47. The van der Waals surface area contributed by atoms with Gasteiger partial charge >= 0.3 is 7.82 Å². The smallest absolute Gasteiger partial charge is 0.496 e. The van der Waals surface area contributed by atoms with Gasteiger partial charge in [-0.3, -0.25) is 9.42 Å². The Bertz CT molecular complexity index is 1100. The van der Waals surface area contributed by atoms with Crippen molar-refractivity contribution >= 4 is 7.82 Å². The van der Waals surface area contributed by atoms with E-state index in [-0.39, 0.29) is 18.1 Å². The molecule has 1 atom stereocenters. The van der Waals surface area contributed by atoms with Gasteiger partial charge in [0.1, 0.15) is 17.1 Å². The number of ether oxygens (including phenoxy) is 2. The molecule has 0 amide bonds. The predicted octanol–water partition coefficient (Wildman–Crippen LogP) is 4.29. The fourth-order valence-corrected chi connectivity index (χ4v) is 3.79. The molecule has 2 N–H and O–H groups in total. The number of nitrogens with one attached hydrogen (secondary N) is 1. The van der Waals surface area contributed by atoms with Crippen LogP contribution in [0.3, 0.4) is 0 Å². The lowest BCUT2D eigenvalue weighted by molar-refractivity contribution is 0.210. The van der Waals surface area contributed by atoms with E-state index < -0.39 is 7.82 Å². The molecule has 0 aliphatic carbocycles. The second-order valence-electron chi connectivity index (χ2n) is 6.48. The molecule has 30 heavy (non-hydrogen) atoms. The van der Waals surface area contributed by atoms with E-state index in [4.69, 9.17) is 18.5 Å². The number of aryl methyl sites for hydroxylation is 1. The quantitative estimate of drug-likeness (QED) is 0.506. The summed E-state index contributed by atoms with van der Waals surface area (Å²) < 4.78 is 32.8. The fourth-order valence-electron chi connectivity index (χ4n) is 3.02. The van der Waals surface area contributed by atoms with E-state index in [1.807, 2.05) is 26.0 Å². The molecule has 1 heterocycles. The standard InChI is InChI=1S/C20H24N3O6P/c1-6-28-30(24,25)29-18-10-14(7-8-16(18)26-4)19-20(22-23-21-19)15-9-12(2)13(3)17(11-15)27-5/h7-11H,6H2,1-5H3,(H,24,25)(H,21,22,23). The number of nitrogens with zero attached hydrogens (tertiary/aromatic N) is 2. The predicted molar refractivity (Wildman–Crippen MR) is 112 cm³/mol. The van der Waals surface area contributed by atoms with Crippen LogP contribution in [0.1, 0.15) is 18.1 Å². The Morgan fingerprint density at radius 3 is 2.23 bits per heavy atom. The van der Waals surface area contributed by atoms with E-state index in [1.165, 1.54) is 7.11 Å². The van der Waals surface area contributed by atoms with Crippen molar-refractivity contribution in [3.63, 3.8) is 0 Å². The highest BCUT2D eigenvalue weighted by Crippen LogP contribution is 2.47. The summed E-state index contributed by atoms with van der Waals surface area (Å²) in [7, 11) is -1.23. The van der Waals surface area contributed by atoms with Crippen molar-refractivity contribution in [1.82, 2.24) is 15.4 Å². The molecule has 0 aliphatic heterocycles. The Morgan fingerprint density at radius 2 is 1.60 bits per heavy atom. The molecule has 2 aromatic carbocycles. The Morgan fingerprint density at radius 1 is 0.967 bits per heavy atom. The van der Waals surface area contributed by atoms with Crippen LogP contribution >= 0.6 is 7.82 Å². The van der Waals surface area contributed by atoms with E-state index in [0.717, 1.165) is 22.4 Å². The zero-order valence-corrected chi connectivity index (χ0v) is 18.3. The van der Waals surface area contributed by atoms with E-state index >= 15 is 0 Å². The van der Waals surface area contributed by atoms with Gasteiger partial charge in [-0.15, -0.1) is 0 Å². The SMILES string of the molecule is CCOP(=O)(O)Oc1cc(-c2n[nH]nc2-c2cc(C)c(C)c(OC)c2)ccc1OC. The summed E-state index contributed by atoms with van der Waals surface area (Å²) in [6.07, 6.45) is 0. The van der Waals surface area contributed by atoms with Crippen LogP contribution in [0.2, 0.25) is 0 Å². The van der Waals surface area contributed by atoms with Crippen LogP contribution in [0.15, 0.2) is 30.3 Å². The maximum Gasteiger partial charge on any atom is 0.527 e. The molecule has 3 rings (SSSR count). The van der Waals surface area contributed by atoms with Gasteiger partial charge in [0.05, 0.1) is 20.8 Å². The van der Waals surface area contributed by atoms with Crippen molar-refractivity contribution in [2.45, 2.75) is 20.8 Å². The number of rotatable bonds is 8. The number of aromatic amines is 1. The molecule has 0 saturated heterocycles. The second-order valence-corrected chi connectivity index (χ2v) is 7.86. The van der Waals surface area contributed by atoms with Crippen molar-refractivity contribution in [3.05, 3.63) is 41.5 Å². The lowest BCUT2D eigenvalue weighted by Crippen LogP contribution is -1.99. The van der Waals surface area contributed by atoms with Crippen molar-refractivity contribution in [3.8, 4) is 39.8 Å². The van der Waals surface area contributed by atoms with E-state index in [1.54, 1.807) is 32.2 Å². The lowest BCUT2D eigenvalue weighted by Gasteiger charge is -2.15. The largest absolute Gasteiger partial charge is 0.527 e. The summed E-state index contributed by atoms with van der Waals surface area (Å²) in [5.41, 5.74) is 4.67. The van der Waals surface area contributed by atoms with Crippen molar-refractivity contribution in [2.75, 3.05) is 20.8 Å². The molecule has 0 radical (unpaired) electrons. The third kappa shape index (κ3) is 4.48. The minimum Gasteiger partial charge on any atom is -0.496 e. The monoisotopic (exact) mass is 433 g/mol. The Hall–Kier alpha value is -2.87. The highest BCUT2D eigenvalue weighted by Gasteiger charge is 2.25. The fraction of sp³-hybridized carbons (Fsp3) is 0.300. The van der Waals surface area contributed by atoms with Gasteiger partial charge in [-0.2, -0.15) is 15.4 Å². The van der Waals surface area contributed by atoms with Gasteiger partial charge in [0.15, 0.2) is 11.5 Å². The molecule has 0 saturated carbocycles. The molecular weight excluding hydrogens is 409 g/mol. The molecule has 0 bridgehead atoms. The van der Waals surface area contributed by atoms with Crippen LogP contribution in [-0.2, 0) is 9.09 Å². The van der Waals surface area contributed by atoms with Gasteiger partial charge in [0.2, 0.25) is 0 Å². The minimum atomic E-state index is -4.28. The normalized spacial score (nSPS) is 13.0. The first-order chi connectivity index (χ1) is 14.3. The first-order valence-corrected chi connectivity index (χ1v) is 10.7. The van der Waals surface area contributed by atoms with Crippen molar-refractivity contribution in [2.24, 2.45) is 0 Å². The van der Waals surface area contributed by atoms with Crippen LogP contribution < -0.4 is 14.0 Å². The second kappa shape index (κ2) is 8.87. The number of hydrogen-bond donors (Lipinski definition) is 2. The first-order valence-electron chi connectivity index (χ1n) is 9.21. The van der Waals surface area contributed by atoms with Crippen LogP contribution in [0.4, 0.5) is 0 Å². The average molecular weight is 433 g/mol. The first kappa shape index (κ1) is 21.8. The zero-order chi connectivity index (χ0) is 21.9. The van der Waals surface area contributed by atoms with Gasteiger partial charge in [-0.25, -0.2) is 4.57 Å². The van der Waals surface area contributed by atoms with Gasteiger partial charge in [0.25, 0.3) is 0 Å². The maximum absolute atomic E-state index is 12.1. The Labute approximate surface area is 174 Å². The highest BCUT2D eigenvalue weighted by atomic mass is 31.2. The zero-order valence-electron chi connectivity index (χ0n) is 17.4. The van der Waals surface area contributed by atoms with Crippen molar-refractivity contribution < 1.29 is 28.0 Å². The average Bonchev–Trinajstić information content (AvgIpc) is 3.19. The number of phosphoric acid groups is 1.